The number of aliphatic hydroxyl groups is 1. The lowest BCUT2D eigenvalue weighted by molar-refractivity contribution is -0.213. The van der Waals surface area contributed by atoms with Crippen molar-refractivity contribution in [2.45, 2.75) is 63.1 Å². The first-order valence-electron chi connectivity index (χ1n) is 9.42. The van der Waals surface area contributed by atoms with Crippen molar-refractivity contribution in [1.82, 2.24) is 0 Å². The van der Waals surface area contributed by atoms with Gasteiger partial charge in [0.15, 0.2) is 0 Å². The van der Waals surface area contributed by atoms with Crippen molar-refractivity contribution in [3.05, 3.63) is 46.2 Å². The predicted octanol–water partition coefficient (Wildman–Crippen LogP) is 2.00. The summed E-state index contributed by atoms with van der Waals surface area (Å²) in [7, 11) is -4.31. The van der Waals surface area contributed by atoms with Gasteiger partial charge in [-0.3, -0.25) is 0 Å². The van der Waals surface area contributed by atoms with Crippen LogP contribution in [0, 0.1) is 0 Å². The Hall–Kier alpha value is -2.32. The standard InChI is InChI=1S/C20H24N2O5S/c1-20(2,24)14-10-17(27-11-14)28(25,26)22-19(23)21-18-15-7-3-5-12(15)9-13-6-4-8-16(13)18/h9-11,24H,3-8H2,1-2H3,(H2,21,22,23)/p-1. The lowest BCUT2D eigenvalue weighted by atomic mass is 9.99. The molecule has 0 atom stereocenters. The Morgan fingerprint density at radius 2 is 1.75 bits per heavy atom. The molecule has 0 saturated heterocycles. The lowest BCUT2D eigenvalue weighted by Crippen LogP contribution is -2.29. The number of anilines is 1. The molecular weight excluding hydrogens is 380 g/mol. The highest BCUT2D eigenvalue weighted by Gasteiger charge is 2.26. The average Bonchev–Trinajstić information content (AvgIpc) is 3.33. The number of nitrogens with zero attached hydrogens (tertiary/aromatic N) is 1. The summed E-state index contributed by atoms with van der Waals surface area (Å²) in [4.78, 5) is 0. The van der Waals surface area contributed by atoms with Gasteiger partial charge in [-0.25, -0.2) is 0 Å². The van der Waals surface area contributed by atoms with Gasteiger partial charge < -0.3 is 19.9 Å². The summed E-state index contributed by atoms with van der Waals surface area (Å²) in [5.74, 6) is 0. The Kier molecular flexibility index (Phi) is 4.50. The zero-order valence-electron chi connectivity index (χ0n) is 15.9. The second kappa shape index (κ2) is 6.63. The molecule has 0 spiro atoms. The van der Waals surface area contributed by atoms with Crippen molar-refractivity contribution in [3.8, 4) is 0 Å². The number of rotatable bonds is 4. The Morgan fingerprint density at radius 1 is 1.14 bits per heavy atom. The molecule has 1 aromatic carbocycles. The largest absolute Gasteiger partial charge is 0.845 e. The van der Waals surface area contributed by atoms with Crippen molar-refractivity contribution in [2.24, 2.45) is 4.40 Å². The number of hydrogen-bond acceptors (Lipinski definition) is 5. The van der Waals surface area contributed by atoms with E-state index in [4.69, 9.17) is 4.42 Å². The van der Waals surface area contributed by atoms with Gasteiger partial charge in [0.2, 0.25) is 5.09 Å². The summed E-state index contributed by atoms with van der Waals surface area (Å²) in [6, 6.07) is 2.48. The molecule has 0 fully saturated rings. The molecule has 28 heavy (non-hydrogen) atoms. The summed E-state index contributed by atoms with van der Waals surface area (Å²) >= 11 is 0. The molecule has 1 heterocycles. The van der Waals surface area contributed by atoms with E-state index >= 15 is 0 Å². The third-order valence-corrected chi connectivity index (χ3v) is 6.57. The van der Waals surface area contributed by atoms with E-state index in [9.17, 15) is 18.6 Å². The van der Waals surface area contributed by atoms with Gasteiger partial charge in [0, 0.05) is 17.3 Å². The highest BCUT2D eigenvalue weighted by molar-refractivity contribution is 7.90. The van der Waals surface area contributed by atoms with Crippen LogP contribution in [-0.2, 0) is 41.3 Å². The van der Waals surface area contributed by atoms with Gasteiger partial charge in [-0.1, -0.05) is 6.07 Å². The molecule has 7 nitrogen and oxygen atoms in total. The minimum absolute atomic E-state index is 0.292. The second-order valence-electron chi connectivity index (χ2n) is 7.94. The van der Waals surface area contributed by atoms with E-state index in [1.165, 1.54) is 31.0 Å². The van der Waals surface area contributed by atoms with Gasteiger partial charge in [-0.2, -0.15) is 12.8 Å². The molecule has 2 aliphatic carbocycles. The maximum Gasteiger partial charge on any atom is 0.316 e. The predicted molar refractivity (Wildman–Crippen MR) is 103 cm³/mol. The van der Waals surface area contributed by atoms with Crippen molar-refractivity contribution >= 4 is 21.7 Å². The highest BCUT2D eigenvalue weighted by atomic mass is 32.2. The van der Waals surface area contributed by atoms with Gasteiger partial charge in [0.1, 0.15) is 0 Å². The fraction of sp³-hybridized carbons (Fsp3) is 0.450. The fourth-order valence-electron chi connectivity index (χ4n) is 4.02. The minimum Gasteiger partial charge on any atom is -0.845 e. The fourth-order valence-corrected chi connectivity index (χ4v) is 4.82. The topological polar surface area (TPSA) is 115 Å². The average molecular weight is 403 g/mol. The maximum absolute atomic E-state index is 12.5. The Morgan fingerprint density at radius 3 is 2.29 bits per heavy atom. The zero-order chi connectivity index (χ0) is 20.1. The number of nitrogens with one attached hydrogen (secondary N) is 1. The third-order valence-electron chi connectivity index (χ3n) is 5.44. The molecule has 0 aliphatic heterocycles. The second-order valence-corrected chi connectivity index (χ2v) is 9.48. The van der Waals surface area contributed by atoms with Crippen LogP contribution < -0.4 is 10.4 Å². The van der Waals surface area contributed by atoms with Crippen LogP contribution in [0.5, 0.6) is 0 Å². The molecule has 8 heteroatoms. The van der Waals surface area contributed by atoms with E-state index in [0.29, 0.717) is 5.56 Å². The Bertz CT molecular complexity index is 1030. The molecular formula is C20H23N2O5S-. The molecule has 0 radical (unpaired) electrons. The Balaban J connectivity index is 1.65. The zero-order valence-corrected chi connectivity index (χ0v) is 16.7. The Labute approximate surface area is 164 Å². The van der Waals surface area contributed by atoms with Crippen LogP contribution in [0.2, 0.25) is 0 Å². The van der Waals surface area contributed by atoms with Crippen molar-refractivity contribution in [2.75, 3.05) is 5.32 Å². The number of amidine groups is 1. The number of hydrogen-bond donors (Lipinski definition) is 2. The van der Waals surface area contributed by atoms with E-state index in [1.807, 2.05) is 0 Å². The van der Waals surface area contributed by atoms with Gasteiger partial charge in [0.05, 0.1) is 17.9 Å². The number of benzene rings is 1. The minimum atomic E-state index is -4.31. The van der Waals surface area contributed by atoms with Gasteiger partial charge >= 0.3 is 10.0 Å². The van der Waals surface area contributed by atoms with E-state index in [2.05, 4.69) is 15.8 Å². The first-order valence-corrected chi connectivity index (χ1v) is 10.9. The molecule has 150 valence electrons. The molecule has 1 aromatic heterocycles. The number of sulfonamides is 1. The molecule has 4 rings (SSSR count). The van der Waals surface area contributed by atoms with Gasteiger partial charge in [-0.05, 0) is 74.6 Å². The molecule has 2 aromatic rings. The van der Waals surface area contributed by atoms with E-state index in [0.717, 1.165) is 61.6 Å². The van der Waals surface area contributed by atoms with Crippen LogP contribution in [0.25, 0.3) is 0 Å². The van der Waals surface area contributed by atoms with Crippen molar-refractivity contribution < 1.29 is 23.0 Å². The molecule has 2 aliphatic rings. The number of aryl methyl sites for hydroxylation is 2. The first-order chi connectivity index (χ1) is 13.1. The highest BCUT2D eigenvalue weighted by Crippen LogP contribution is 2.38. The summed E-state index contributed by atoms with van der Waals surface area (Å²) in [6.45, 7) is 3.02. The van der Waals surface area contributed by atoms with E-state index < -0.39 is 26.7 Å². The molecule has 0 bridgehead atoms. The summed E-state index contributed by atoms with van der Waals surface area (Å²) < 4.78 is 33.3. The van der Waals surface area contributed by atoms with E-state index in [1.54, 1.807) is 0 Å². The molecule has 0 unspecified atom stereocenters. The van der Waals surface area contributed by atoms with Crippen LogP contribution in [-0.4, -0.2) is 19.5 Å². The monoisotopic (exact) mass is 403 g/mol. The maximum atomic E-state index is 12.5. The van der Waals surface area contributed by atoms with Gasteiger partial charge in [0.25, 0.3) is 0 Å². The van der Waals surface area contributed by atoms with Crippen LogP contribution >= 0.6 is 0 Å². The summed E-state index contributed by atoms with van der Waals surface area (Å²) in [5, 5.41) is 24.7. The number of fused-ring (bicyclic) bond motifs is 2. The first kappa shape index (κ1) is 19.0. The quantitative estimate of drug-likeness (QED) is 0.596. The van der Waals surface area contributed by atoms with Crippen LogP contribution in [0.1, 0.15) is 54.5 Å². The SMILES string of the molecule is CC(C)(O)c1coc(S(=O)(=O)/N=C(\[O-])Nc2c3c(cc4c2CCC4)CCC3)c1. The van der Waals surface area contributed by atoms with E-state index in [-0.39, 0.29) is 0 Å². The van der Waals surface area contributed by atoms with Crippen molar-refractivity contribution in [1.29, 1.82) is 0 Å². The van der Waals surface area contributed by atoms with Crippen LogP contribution in [0.4, 0.5) is 5.69 Å². The van der Waals surface area contributed by atoms with Gasteiger partial charge in [-0.15, -0.1) is 0 Å². The molecule has 0 saturated carbocycles. The van der Waals surface area contributed by atoms with Crippen LogP contribution in [0.3, 0.4) is 0 Å². The van der Waals surface area contributed by atoms with Crippen LogP contribution in [0.15, 0.2) is 32.3 Å². The lowest BCUT2D eigenvalue weighted by Gasteiger charge is -2.20. The normalized spacial score (nSPS) is 16.9. The summed E-state index contributed by atoms with van der Waals surface area (Å²) in [5.41, 5.74) is 4.45. The number of furan rings is 1. The smallest absolute Gasteiger partial charge is 0.316 e. The molecule has 2 N–H and O–H groups in total. The summed E-state index contributed by atoms with van der Waals surface area (Å²) in [6.07, 6.45) is 6.92. The molecule has 0 amide bonds. The third kappa shape index (κ3) is 3.42. The van der Waals surface area contributed by atoms with Crippen molar-refractivity contribution in [3.63, 3.8) is 0 Å².